The zero-order valence-electron chi connectivity index (χ0n) is 16.6. The quantitative estimate of drug-likeness (QED) is 0.240. The summed E-state index contributed by atoms with van der Waals surface area (Å²) in [7, 11) is 0. The predicted octanol–water partition coefficient (Wildman–Crippen LogP) is 6.77. The van der Waals surface area contributed by atoms with E-state index < -0.39 is 0 Å². The van der Waals surface area contributed by atoms with Crippen LogP contribution in [0.2, 0.25) is 0 Å². The molecule has 0 fully saturated rings. The van der Waals surface area contributed by atoms with E-state index in [9.17, 15) is 5.11 Å². The Labute approximate surface area is 152 Å². The van der Waals surface area contributed by atoms with Gasteiger partial charge < -0.3 is 10.2 Å². The molecule has 0 saturated carbocycles. The van der Waals surface area contributed by atoms with Gasteiger partial charge in [0.1, 0.15) is 0 Å². The van der Waals surface area contributed by atoms with E-state index in [0.717, 1.165) is 12.8 Å². The topological polar surface area (TPSA) is 40.5 Å². The Morgan fingerprint density at radius 1 is 0.500 bits per heavy atom. The number of hydrogen-bond acceptors (Lipinski definition) is 2. The molecule has 0 aliphatic carbocycles. The van der Waals surface area contributed by atoms with E-state index in [2.05, 4.69) is 6.92 Å². The molecule has 146 valence electrons. The lowest BCUT2D eigenvalue weighted by Crippen LogP contribution is -2.08. The molecule has 0 unspecified atom stereocenters. The standard InChI is InChI=1S/C22H46O2/c1-2-3-4-5-6-7-8-9-10-11-12-13-14-15-16-17-18-19-22(24)20-21-23/h22-24H,2-21H2,1H3/t22-/m0/s1. The van der Waals surface area contributed by atoms with Gasteiger partial charge in [-0.2, -0.15) is 0 Å². The van der Waals surface area contributed by atoms with E-state index in [1.54, 1.807) is 0 Å². The molecule has 0 bridgehead atoms. The van der Waals surface area contributed by atoms with Gasteiger partial charge in [0, 0.05) is 6.61 Å². The van der Waals surface area contributed by atoms with Gasteiger partial charge in [0.2, 0.25) is 0 Å². The van der Waals surface area contributed by atoms with Gasteiger partial charge in [-0.3, -0.25) is 0 Å². The second kappa shape index (κ2) is 21.0. The van der Waals surface area contributed by atoms with Crippen molar-refractivity contribution in [2.75, 3.05) is 6.61 Å². The first-order valence-electron chi connectivity index (χ1n) is 11.1. The van der Waals surface area contributed by atoms with Crippen LogP contribution in [0.25, 0.3) is 0 Å². The third-order valence-electron chi connectivity index (χ3n) is 5.10. The van der Waals surface area contributed by atoms with Gasteiger partial charge in [-0.1, -0.05) is 116 Å². The van der Waals surface area contributed by atoms with Crippen molar-refractivity contribution in [3.8, 4) is 0 Å². The van der Waals surface area contributed by atoms with Crippen LogP contribution >= 0.6 is 0 Å². The molecule has 2 heteroatoms. The van der Waals surface area contributed by atoms with Crippen molar-refractivity contribution in [3.63, 3.8) is 0 Å². The summed E-state index contributed by atoms with van der Waals surface area (Å²) in [5.41, 5.74) is 0. The Bertz CT molecular complexity index is 218. The van der Waals surface area contributed by atoms with Gasteiger partial charge in [0.15, 0.2) is 0 Å². The minimum atomic E-state index is -0.286. The zero-order chi connectivity index (χ0) is 17.7. The Hall–Kier alpha value is -0.0800. The average Bonchev–Trinajstić information content (AvgIpc) is 2.58. The minimum Gasteiger partial charge on any atom is -0.396 e. The molecule has 0 amide bonds. The molecule has 0 saturated heterocycles. The highest BCUT2D eigenvalue weighted by atomic mass is 16.3. The molecule has 0 heterocycles. The lowest BCUT2D eigenvalue weighted by atomic mass is 10.0. The van der Waals surface area contributed by atoms with Crippen molar-refractivity contribution in [2.24, 2.45) is 0 Å². The van der Waals surface area contributed by atoms with Crippen molar-refractivity contribution in [2.45, 2.75) is 135 Å². The van der Waals surface area contributed by atoms with Crippen LogP contribution in [0.15, 0.2) is 0 Å². The molecule has 0 aliphatic heterocycles. The van der Waals surface area contributed by atoms with E-state index in [-0.39, 0.29) is 12.7 Å². The number of aliphatic hydroxyl groups is 2. The van der Waals surface area contributed by atoms with Gasteiger partial charge >= 0.3 is 0 Å². The van der Waals surface area contributed by atoms with Gasteiger partial charge in [0.05, 0.1) is 6.10 Å². The van der Waals surface area contributed by atoms with Crippen LogP contribution in [0.1, 0.15) is 129 Å². The van der Waals surface area contributed by atoms with Crippen LogP contribution in [-0.4, -0.2) is 22.9 Å². The minimum absolute atomic E-state index is 0.111. The lowest BCUT2D eigenvalue weighted by molar-refractivity contribution is 0.122. The van der Waals surface area contributed by atoms with Crippen molar-refractivity contribution < 1.29 is 10.2 Å². The first-order chi connectivity index (χ1) is 11.8. The highest BCUT2D eigenvalue weighted by molar-refractivity contribution is 4.55. The van der Waals surface area contributed by atoms with Crippen LogP contribution < -0.4 is 0 Å². The predicted molar refractivity (Wildman–Crippen MR) is 106 cm³/mol. The molecule has 1 atom stereocenters. The molecule has 24 heavy (non-hydrogen) atoms. The Balaban J connectivity index is 3.00. The summed E-state index contributed by atoms with van der Waals surface area (Å²) >= 11 is 0. The molecule has 0 rings (SSSR count). The molecule has 0 aromatic heterocycles. The summed E-state index contributed by atoms with van der Waals surface area (Å²) in [6, 6.07) is 0. The molecule has 0 spiro atoms. The highest BCUT2D eigenvalue weighted by Crippen LogP contribution is 2.14. The normalized spacial score (nSPS) is 12.6. The summed E-state index contributed by atoms with van der Waals surface area (Å²) in [6.07, 6.45) is 24.7. The highest BCUT2D eigenvalue weighted by Gasteiger charge is 2.02. The second-order valence-electron chi connectivity index (χ2n) is 7.61. The van der Waals surface area contributed by atoms with E-state index in [1.807, 2.05) is 0 Å². The number of aliphatic hydroxyl groups excluding tert-OH is 2. The first-order valence-corrected chi connectivity index (χ1v) is 11.1. The molecule has 2 N–H and O–H groups in total. The molecule has 0 aromatic carbocycles. The van der Waals surface area contributed by atoms with Crippen molar-refractivity contribution in [1.29, 1.82) is 0 Å². The van der Waals surface area contributed by atoms with E-state index in [0.29, 0.717) is 6.42 Å². The SMILES string of the molecule is CCCCCCCCCCCCCCCCCCC[C@H](O)CCO. The Kier molecular flexibility index (Phi) is 20.9. The van der Waals surface area contributed by atoms with Crippen molar-refractivity contribution >= 4 is 0 Å². The summed E-state index contributed by atoms with van der Waals surface area (Å²) in [6.45, 7) is 2.40. The molecule has 2 nitrogen and oxygen atoms in total. The zero-order valence-corrected chi connectivity index (χ0v) is 16.6. The molecular weight excluding hydrogens is 296 g/mol. The van der Waals surface area contributed by atoms with Crippen LogP contribution in [0, 0.1) is 0 Å². The Morgan fingerprint density at radius 2 is 0.833 bits per heavy atom. The van der Waals surface area contributed by atoms with E-state index in [4.69, 9.17) is 5.11 Å². The molecule has 0 aliphatic rings. The fourth-order valence-electron chi connectivity index (χ4n) is 3.40. The maximum absolute atomic E-state index is 9.51. The summed E-state index contributed by atoms with van der Waals surface area (Å²) in [5.74, 6) is 0. The molecular formula is C22H46O2. The summed E-state index contributed by atoms with van der Waals surface area (Å²) in [4.78, 5) is 0. The number of rotatable bonds is 20. The average molecular weight is 343 g/mol. The van der Waals surface area contributed by atoms with Gasteiger partial charge in [-0.15, -0.1) is 0 Å². The van der Waals surface area contributed by atoms with Crippen LogP contribution in [0.5, 0.6) is 0 Å². The lowest BCUT2D eigenvalue weighted by Gasteiger charge is -2.08. The number of hydrogen-bond donors (Lipinski definition) is 2. The maximum atomic E-state index is 9.51. The summed E-state index contributed by atoms with van der Waals surface area (Å²) < 4.78 is 0. The van der Waals surface area contributed by atoms with E-state index >= 15 is 0 Å². The van der Waals surface area contributed by atoms with Crippen LogP contribution in [0.4, 0.5) is 0 Å². The van der Waals surface area contributed by atoms with Gasteiger partial charge in [0.25, 0.3) is 0 Å². The largest absolute Gasteiger partial charge is 0.396 e. The first kappa shape index (κ1) is 23.9. The third kappa shape index (κ3) is 20.0. The Morgan fingerprint density at radius 3 is 1.17 bits per heavy atom. The third-order valence-corrected chi connectivity index (χ3v) is 5.10. The second-order valence-corrected chi connectivity index (χ2v) is 7.61. The van der Waals surface area contributed by atoms with E-state index in [1.165, 1.54) is 103 Å². The van der Waals surface area contributed by atoms with Crippen LogP contribution in [0.3, 0.4) is 0 Å². The fourth-order valence-corrected chi connectivity index (χ4v) is 3.40. The summed E-state index contributed by atoms with van der Waals surface area (Å²) in [5, 5.41) is 18.2. The molecule has 0 radical (unpaired) electrons. The van der Waals surface area contributed by atoms with Crippen LogP contribution in [-0.2, 0) is 0 Å². The fraction of sp³-hybridized carbons (Fsp3) is 1.00. The van der Waals surface area contributed by atoms with Gasteiger partial charge in [-0.25, -0.2) is 0 Å². The van der Waals surface area contributed by atoms with Crippen molar-refractivity contribution in [3.05, 3.63) is 0 Å². The molecule has 0 aromatic rings. The van der Waals surface area contributed by atoms with Crippen molar-refractivity contribution in [1.82, 2.24) is 0 Å². The smallest absolute Gasteiger partial charge is 0.0562 e. The maximum Gasteiger partial charge on any atom is 0.0562 e. The van der Waals surface area contributed by atoms with Gasteiger partial charge in [-0.05, 0) is 12.8 Å². The number of unbranched alkanes of at least 4 members (excludes halogenated alkanes) is 16. The monoisotopic (exact) mass is 342 g/mol.